The van der Waals surface area contributed by atoms with E-state index in [0.29, 0.717) is 0 Å². The molecule has 8 heteroatoms. The van der Waals surface area contributed by atoms with Crippen LogP contribution in [0.4, 0.5) is 13.2 Å². The van der Waals surface area contributed by atoms with Crippen LogP contribution in [0.25, 0.3) is 0 Å². The summed E-state index contributed by atoms with van der Waals surface area (Å²) < 4.78 is 45.8. The number of aryl methyl sites for hydroxylation is 1. The SMILES string of the molecule is CCOC(=O)Cc1ncc(C)c(OC(F)(F)F)c1CN. The summed E-state index contributed by atoms with van der Waals surface area (Å²) in [6.45, 7) is 2.99. The Morgan fingerprint density at radius 2 is 2.10 bits per heavy atom. The Balaban J connectivity index is 3.14. The highest BCUT2D eigenvalue weighted by atomic mass is 19.4. The summed E-state index contributed by atoms with van der Waals surface area (Å²) in [6.07, 6.45) is -3.89. The third-order valence-electron chi connectivity index (χ3n) is 2.43. The van der Waals surface area contributed by atoms with Gasteiger partial charge in [-0.15, -0.1) is 13.2 Å². The van der Waals surface area contributed by atoms with Crippen molar-refractivity contribution in [2.24, 2.45) is 5.73 Å². The molecule has 1 aromatic rings. The van der Waals surface area contributed by atoms with Crippen molar-refractivity contribution in [3.05, 3.63) is 23.0 Å². The minimum absolute atomic E-state index is 0.0513. The molecule has 0 saturated heterocycles. The molecule has 0 radical (unpaired) electrons. The Kier molecular flexibility index (Phi) is 5.32. The molecule has 0 fully saturated rings. The van der Waals surface area contributed by atoms with Gasteiger partial charge in [-0.1, -0.05) is 0 Å². The van der Waals surface area contributed by atoms with E-state index in [1.807, 2.05) is 0 Å². The normalized spacial score (nSPS) is 11.3. The zero-order chi connectivity index (χ0) is 15.3. The Morgan fingerprint density at radius 3 is 2.60 bits per heavy atom. The summed E-state index contributed by atoms with van der Waals surface area (Å²) in [5.41, 5.74) is 5.81. The minimum Gasteiger partial charge on any atom is -0.466 e. The van der Waals surface area contributed by atoms with E-state index in [2.05, 4.69) is 9.72 Å². The molecular weight excluding hydrogens is 277 g/mol. The Morgan fingerprint density at radius 1 is 1.45 bits per heavy atom. The van der Waals surface area contributed by atoms with E-state index < -0.39 is 18.1 Å². The number of nitrogens with zero attached hydrogens (tertiary/aromatic N) is 1. The first kappa shape index (κ1) is 16.2. The van der Waals surface area contributed by atoms with Crippen LogP contribution >= 0.6 is 0 Å². The first-order chi connectivity index (χ1) is 9.28. The molecule has 5 nitrogen and oxygen atoms in total. The number of carbonyl (C=O) groups is 1. The minimum atomic E-state index is -4.84. The lowest BCUT2D eigenvalue weighted by molar-refractivity contribution is -0.275. The number of alkyl halides is 3. The summed E-state index contributed by atoms with van der Waals surface area (Å²) in [4.78, 5) is 15.3. The molecule has 0 aliphatic carbocycles. The predicted molar refractivity (Wildman–Crippen MR) is 63.9 cm³/mol. The van der Waals surface area contributed by atoms with E-state index in [-0.39, 0.29) is 36.4 Å². The molecule has 0 spiro atoms. The maximum absolute atomic E-state index is 12.4. The highest BCUT2D eigenvalue weighted by Gasteiger charge is 2.33. The van der Waals surface area contributed by atoms with Crippen molar-refractivity contribution in [1.82, 2.24) is 4.98 Å². The third kappa shape index (κ3) is 4.37. The van der Waals surface area contributed by atoms with Gasteiger partial charge in [0, 0.05) is 23.9 Å². The van der Waals surface area contributed by atoms with Gasteiger partial charge in [-0.25, -0.2) is 0 Å². The van der Waals surface area contributed by atoms with Crippen LogP contribution in [0, 0.1) is 6.92 Å². The molecule has 112 valence electrons. The van der Waals surface area contributed by atoms with E-state index in [9.17, 15) is 18.0 Å². The van der Waals surface area contributed by atoms with Gasteiger partial charge in [0.25, 0.3) is 0 Å². The topological polar surface area (TPSA) is 74.4 Å². The van der Waals surface area contributed by atoms with Crippen LogP contribution in [-0.4, -0.2) is 23.9 Å². The van der Waals surface area contributed by atoms with Gasteiger partial charge in [0.1, 0.15) is 5.75 Å². The van der Waals surface area contributed by atoms with Crippen LogP contribution in [0.5, 0.6) is 5.75 Å². The fourth-order valence-electron chi connectivity index (χ4n) is 1.65. The van der Waals surface area contributed by atoms with Crippen LogP contribution in [0.1, 0.15) is 23.7 Å². The molecule has 0 atom stereocenters. The molecule has 2 N–H and O–H groups in total. The first-order valence-electron chi connectivity index (χ1n) is 5.87. The molecule has 0 amide bonds. The van der Waals surface area contributed by atoms with Gasteiger partial charge < -0.3 is 15.2 Å². The molecular formula is C12H15F3N2O3. The Bertz CT molecular complexity index is 490. The number of hydrogen-bond donors (Lipinski definition) is 1. The van der Waals surface area contributed by atoms with Gasteiger partial charge in [0.15, 0.2) is 0 Å². The molecule has 1 aromatic heterocycles. The third-order valence-corrected chi connectivity index (χ3v) is 2.43. The number of aromatic nitrogens is 1. The molecule has 0 aromatic carbocycles. The van der Waals surface area contributed by atoms with Crippen molar-refractivity contribution >= 4 is 5.97 Å². The van der Waals surface area contributed by atoms with Gasteiger partial charge in [-0.05, 0) is 13.8 Å². The number of esters is 1. The van der Waals surface area contributed by atoms with Crippen molar-refractivity contribution < 1.29 is 27.4 Å². The van der Waals surface area contributed by atoms with Gasteiger partial charge in [0.05, 0.1) is 18.7 Å². The number of halogens is 3. The molecule has 0 unspecified atom stereocenters. The molecule has 1 rings (SSSR count). The molecule has 20 heavy (non-hydrogen) atoms. The Hall–Kier alpha value is -1.83. The maximum atomic E-state index is 12.4. The number of rotatable bonds is 5. The maximum Gasteiger partial charge on any atom is 0.573 e. The van der Waals surface area contributed by atoms with Crippen LogP contribution in [0.3, 0.4) is 0 Å². The summed E-state index contributed by atoms with van der Waals surface area (Å²) in [5.74, 6) is -0.995. The number of nitrogens with two attached hydrogens (primary N) is 1. The number of ether oxygens (including phenoxy) is 2. The second-order valence-corrected chi connectivity index (χ2v) is 3.93. The van der Waals surface area contributed by atoms with E-state index >= 15 is 0 Å². The molecule has 0 aliphatic rings. The zero-order valence-electron chi connectivity index (χ0n) is 11.1. The van der Waals surface area contributed by atoms with Gasteiger partial charge in [-0.3, -0.25) is 9.78 Å². The summed E-state index contributed by atoms with van der Waals surface area (Å²) in [5, 5.41) is 0. The van der Waals surface area contributed by atoms with Crippen LogP contribution in [-0.2, 0) is 22.5 Å². The van der Waals surface area contributed by atoms with E-state index in [4.69, 9.17) is 10.5 Å². The smallest absolute Gasteiger partial charge is 0.466 e. The van der Waals surface area contributed by atoms with E-state index in [0.717, 1.165) is 0 Å². The fraction of sp³-hybridized carbons (Fsp3) is 0.500. The number of hydrogen-bond acceptors (Lipinski definition) is 5. The van der Waals surface area contributed by atoms with E-state index in [1.165, 1.54) is 13.1 Å². The fourth-order valence-corrected chi connectivity index (χ4v) is 1.65. The summed E-state index contributed by atoms with van der Waals surface area (Å²) in [6, 6.07) is 0. The number of pyridine rings is 1. The average molecular weight is 292 g/mol. The van der Waals surface area contributed by atoms with Crippen molar-refractivity contribution in [2.75, 3.05) is 6.61 Å². The second-order valence-electron chi connectivity index (χ2n) is 3.93. The lowest BCUT2D eigenvalue weighted by atomic mass is 10.1. The average Bonchev–Trinajstić information content (AvgIpc) is 2.32. The van der Waals surface area contributed by atoms with Crippen LogP contribution < -0.4 is 10.5 Å². The molecule has 0 bridgehead atoms. The van der Waals surface area contributed by atoms with Crippen molar-refractivity contribution in [3.63, 3.8) is 0 Å². The Labute approximate surface area is 113 Å². The van der Waals surface area contributed by atoms with Gasteiger partial charge >= 0.3 is 12.3 Å². The summed E-state index contributed by atoms with van der Waals surface area (Å²) >= 11 is 0. The summed E-state index contributed by atoms with van der Waals surface area (Å²) in [7, 11) is 0. The first-order valence-corrected chi connectivity index (χ1v) is 5.87. The largest absolute Gasteiger partial charge is 0.573 e. The molecule has 0 aliphatic heterocycles. The lowest BCUT2D eigenvalue weighted by Crippen LogP contribution is -2.21. The van der Waals surface area contributed by atoms with Gasteiger partial charge in [0.2, 0.25) is 0 Å². The molecule has 0 saturated carbocycles. The predicted octanol–water partition coefficient (Wildman–Crippen LogP) is 1.85. The lowest BCUT2D eigenvalue weighted by Gasteiger charge is -2.17. The van der Waals surface area contributed by atoms with E-state index in [1.54, 1.807) is 6.92 Å². The van der Waals surface area contributed by atoms with Crippen LogP contribution in [0.15, 0.2) is 6.20 Å². The van der Waals surface area contributed by atoms with Crippen molar-refractivity contribution in [3.8, 4) is 5.75 Å². The van der Waals surface area contributed by atoms with Gasteiger partial charge in [-0.2, -0.15) is 0 Å². The highest BCUT2D eigenvalue weighted by Crippen LogP contribution is 2.31. The quantitative estimate of drug-likeness (QED) is 0.838. The van der Waals surface area contributed by atoms with Crippen molar-refractivity contribution in [1.29, 1.82) is 0 Å². The van der Waals surface area contributed by atoms with Crippen molar-refractivity contribution in [2.45, 2.75) is 33.2 Å². The standard InChI is InChI=1S/C12H15F3N2O3/c1-3-19-10(18)4-9-8(5-16)11(7(2)6-17-9)20-12(13,14)15/h6H,3-5,16H2,1-2H3. The monoisotopic (exact) mass is 292 g/mol. The van der Waals surface area contributed by atoms with Crippen LogP contribution in [0.2, 0.25) is 0 Å². The highest BCUT2D eigenvalue weighted by molar-refractivity contribution is 5.72. The molecule has 1 heterocycles. The number of carbonyl (C=O) groups excluding carboxylic acids is 1. The zero-order valence-corrected chi connectivity index (χ0v) is 11.1. The second kappa shape index (κ2) is 6.56.